The first-order chi connectivity index (χ1) is 15.6. The van der Waals surface area contributed by atoms with Crippen LogP contribution >= 0.6 is 0 Å². The van der Waals surface area contributed by atoms with E-state index >= 15 is 0 Å². The molecule has 0 aliphatic heterocycles. The third-order valence-corrected chi connectivity index (χ3v) is 5.09. The van der Waals surface area contributed by atoms with Crippen molar-refractivity contribution < 1.29 is 14.3 Å². The Labute approximate surface area is 186 Å². The van der Waals surface area contributed by atoms with Crippen LogP contribution in [-0.2, 0) is 4.74 Å². The molecule has 0 fully saturated rings. The van der Waals surface area contributed by atoms with Crippen LogP contribution in [0.2, 0.25) is 0 Å². The van der Waals surface area contributed by atoms with E-state index in [4.69, 9.17) is 25.2 Å². The Hall–Kier alpha value is -3.65. The van der Waals surface area contributed by atoms with Gasteiger partial charge >= 0.3 is 0 Å². The summed E-state index contributed by atoms with van der Waals surface area (Å²) in [6.45, 7) is 6.18. The van der Waals surface area contributed by atoms with Gasteiger partial charge in [0, 0.05) is 25.4 Å². The molecule has 2 heterocycles. The smallest absolute Gasteiger partial charge is 0.257 e. The predicted octanol–water partition coefficient (Wildman–Crippen LogP) is 3.71. The Balaban J connectivity index is 1.79. The Morgan fingerprint density at radius 2 is 1.75 bits per heavy atom. The molecule has 4 aromatic rings. The minimum Gasteiger partial charge on any atom is -0.494 e. The number of rotatable bonds is 9. The highest BCUT2D eigenvalue weighted by atomic mass is 16.5. The van der Waals surface area contributed by atoms with E-state index in [2.05, 4.69) is 5.32 Å². The normalized spacial score (nSPS) is 11.2. The number of nitrogen functional groups attached to an aromatic ring is 1. The van der Waals surface area contributed by atoms with E-state index in [9.17, 15) is 4.79 Å². The van der Waals surface area contributed by atoms with Gasteiger partial charge in [-0.15, -0.1) is 0 Å². The van der Waals surface area contributed by atoms with Crippen molar-refractivity contribution in [2.75, 3.05) is 32.1 Å². The van der Waals surface area contributed by atoms with Crippen LogP contribution in [0, 0.1) is 0 Å². The maximum Gasteiger partial charge on any atom is 0.257 e. The zero-order valence-electron chi connectivity index (χ0n) is 18.3. The lowest BCUT2D eigenvalue weighted by Crippen LogP contribution is -2.26. The van der Waals surface area contributed by atoms with E-state index in [1.807, 2.05) is 62.4 Å². The number of para-hydroxylation sites is 2. The predicted molar refractivity (Wildman–Crippen MR) is 125 cm³/mol. The number of nitrogens with zero attached hydrogens (tertiary/aromatic N) is 3. The van der Waals surface area contributed by atoms with E-state index < -0.39 is 0 Å². The second-order valence-corrected chi connectivity index (χ2v) is 7.21. The molecule has 0 unspecified atom stereocenters. The lowest BCUT2D eigenvalue weighted by Gasteiger charge is -2.10. The molecule has 2 aromatic heterocycles. The number of anilines is 1. The van der Waals surface area contributed by atoms with E-state index in [0.29, 0.717) is 60.8 Å². The van der Waals surface area contributed by atoms with Crippen LogP contribution < -0.4 is 15.8 Å². The van der Waals surface area contributed by atoms with Gasteiger partial charge < -0.3 is 20.5 Å². The molecule has 166 valence electrons. The molecule has 0 spiro atoms. The number of carbonyl (C=O) groups is 1. The summed E-state index contributed by atoms with van der Waals surface area (Å²) in [6, 6.07) is 15.1. The van der Waals surface area contributed by atoms with Gasteiger partial charge in [0.1, 0.15) is 22.6 Å². The molecule has 8 nitrogen and oxygen atoms in total. The molecule has 1 amide bonds. The quantitative estimate of drug-likeness (QED) is 0.390. The van der Waals surface area contributed by atoms with Gasteiger partial charge in [0.25, 0.3) is 5.91 Å². The largest absolute Gasteiger partial charge is 0.494 e. The van der Waals surface area contributed by atoms with Crippen molar-refractivity contribution in [3.8, 4) is 11.4 Å². The first kappa shape index (κ1) is 21.6. The molecule has 0 aliphatic carbocycles. The number of amides is 1. The lowest BCUT2D eigenvalue weighted by atomic mass is 10.2. The molecule has 0 aliphatic rings. The number of carbonyl (C=O) groups excluding carboxylic acids is 1. The SMILES string of the molecule is CCOCCCNC(=O)c1c(N)n(-c2ccc(OCC)cc2)c2nc3ccccc3nc12. The van der Waals surface area contributed by atoms with Crippen molar-refractivity contribution in [3.05, 3.63) is 54.1 Å². The molecule has 8 heteroatoms. The molecule has 0 atom stereocenters. The van der Waals surface area contributed by atoms with Crippen molar-refractivity contribution in [1.82, 2.24) is 19.9 Å². The minimum atomic E-state index is -0.279. The van der Waals surface area contributed by atoms with Crippen molar-refractivity contribution in [2.45, 2.75) is 20.3 Å². The second-order valence-electron chi connectivity index (χ2n) is 7.21. The maximum absolute atomic E-state index is 13.1. The first-order valence-electron chi connectivity index (χ1n) is 10.8. The first-order valence-corrected chi connectivity index (χ1v) is 10.8. The van der Waals surface area contributed by atoms with Crippen molar-refractivity contribution in [2.24, 2.45) is 0 Å². The van der Waals surface area contributed by atoms with E-state index in [1.54, 1.807) is 4.57 Å². The van der Waals surface area contributed by atoms with Crippen molar-refractivity contribution in [1.29, 1.82) is 0 Å². The summed E-state index contributed by atoms with van der Waals surface area (Å²) in [5.41, 5.74) is 10.1. The molecular formula is C24H27N5O3. The Kier molecular flexibility index (Phi) is 6.51. The summed E-state index contributed by atoms with van der Waals surface area (Å²) in [7, 11) is 0. The van der Waals surface area contributed by atoms with Crippen molar-refractivity contribution in [3.63, 3.8) is 0 Å². The zero-order chi connectivity index (χ0) is 22.5. The van der Waals surface area contributed by atoms with Crippen LogP contribution in [0.25, 0.3) is 27.9 Å². The fourth-order valence-electron chi connectivity index (χ4n) is 3.61. The standard InChI is InChI=1S/C24H27N5O3/c1-3-31-15-7-14-26-24(30)20-21-23(28-19-9-6-5-8-18(19)27-21)29(22(20)25)16-10-12-17(13-11-16)32-4-2/h5-6,8-13H,3-4,7,14-15,25H2,1-2H3,(H,26,30). The summed E-state index contributed by atoms with van der Waals surface area (Å²) in [5, 5.41) is 2.93. The summed E-state index contributed by atoms with van der Waals surface area (Å²) < 4.78 is 12.6. The molecule has 3 N–H and O–H groups in total. The van der Waals surface area contributed by atoms with E-state index in [-0.39, 0.29) is 5.91 Å². The molecule has 0 radical (unpaired) electrons. The van der Waals surface area contributed by atoms with Crippen LogP contribution in [0.5, 0.6) is 5.75 Å². The monoisotopic (exact) mass is 433 g/mol. The lowest BCUT2D eigenvalue weighted by molar-refractivity contribution is 0.0946. The minimum absolute atomic E-state index is 0.279. The Morgan fingerprint density at radius 1 is 1.03 bits per heavy atom. The Bertz CT molecular complexity index is 1230. The zero-order valence-corrected chi connectivity index (χ0v) is 18.3. The third kappa shape index (κ3) is 4.22. The number of fused-ring (bicyclic) bond motifs is 2. The second kappa shape index (κ2) is 9.65. The highest BCUT2D eigenvalue weighted by Crippen LogP contribution is 2.31. The third-order valence-electron chi connectivity index (χ3n) is 5.09. The molecule has 0 bridgehead atoms. The number of benzene rings is 2. The average Bonchev–Trinajstić information content (AvgIpc) is 3.08. The van der Waals surface area contributed by atoms with Crippen LogP contribution in [0.4, 0.5) is 5.82 Å². The van der Waals surface area contributed by atoms with Crippen LogP contribution in [-0.4, -0.2) is 46.8 Å². The molecule has 0 saturated heterocycles. The van der Waals surface area contributed by atoms with Crippen molar-refractivity contribution >= 4 is 33.9 Å². The number of hydrogen-bond donors (Lipinski definition) is 2. The van der Waals surface area contributed by atoms with Gasteiger partial charge in [-0.2, -0.15) is 0 Å². The number of nitrogens with two attached hydrogens (primary N) is 1. The molecule has 2 aromatic carbocycles. The summed E-state index contributed by atoms with van der Waals surface area (Å²) in [5.74, 6) is 0.773. The van der Waals surface area contributed by atoms with Gasteiger partial charge in [0.2, 0.25) is 0 Å². The van der Waals surface area contributed by atoms with E-state index in [1.165, 1.54) is 0 Å². The van der Waals surface area contributed by atoms with Gasteiger partial charge in [-0.05, 0) is 56.7 Å². The molecule has 4 rings (SSSR count). The van der Waals surface area contributed by atoms with Gasteiger partial charge in [-0.3, -0.25) is 9.36 Å². The number of nitrogens with one attached hydrogen (secondary N) is 1. The summed E-state index contributed by atoms with van der Waals surface area (Å²) in [6.07, 6.45) is 0.714. The Morgan fingerprint density at radius 3 is 2.44 bits per heavy atom. The van der Waals surface area contributed by atoms with Crippen LogP contribution in [0.3, 0.4) is 0 Å². The number of aromatic nitrogens is 3. The number of ether oxygens (including phenoxy) is 2. The van der Waals surface area contributed by atoms with Crippen LogP contribution in [0.1, 0.15) is 30.6 Å². The summed E-state index contributed by atoms with van der Waals surface area (Å²) in [4.78, 5) is 22.6. The van der Waals surface area contributed by atoms with Crippen LogP contribution in [0.15, 0.2) is 48.5 Å². The highest BCUT2D eigenvalue weighted by Gasteiger charge is 2.24. The van der Waals surface area contributed by atoms with E-state index in [0.717, 1.165) is 17.0 Å². The fourth-order valence-corrected chi connectivity index (χ4v) is 3.61. The van der Waals surface area contributed by atoms with Gasteiger partial charge in [-0.25, -0.2) is 9.97 Å². The molecular weight excluding hydrogens is 406 g/mol. The maximum atomic E-state index is 13.1. The van der Waals surface area contributed by atoms with Gasteiger partial charge in [0.15, 0.2) is 5.65 Å². The molecule has 32 heavy (non-hydrogen) atoms. The molecule has 0 saturated carbocycles. The highest BCUT2D eigenvalue weighted by molar-refractivity contribution is 6.11. The van der Waals surface area contributed by atoms with Gasteiger partial charge in [0.05, 0.1) is 17.6 Å². The summed E-state index contributed by atoms with van der Waals surface area (Å²) >= 11 is 0. The average molecular weight is 434 g/mol. The fraction of sp³-hybridized carbons (Fsp3) is 0.292. The number of hydrogen-bond acceptors (Lipinski definition) is 6. The van der Waals surface area contributed by atoms with Gasteiger partial charge in [-0.1, -0.05) is 12.1 Å². The topological polar surface area (TPSA) is 104 Å².